The summed E-state index contributed by atoms with van der Waals surface area (Å²) in [7, 11) is 0. The van der Waals surface area contributed by atoms with E-state index in [0.29, 0.717) is 42.9 Å². The van der Waals surface area contributed by atoms with Crippen LogP contribution < -0.4 is 0 Å². The summed E-state index contributed by atoms with van der Waals surface area (Å²) in [6, 6.07) is 8.93. The molecule has 7 heteroatoms. The quantitative estimate of drug-likeness (QED) is 0.883. The molecule has 1 aliphatic rings. The van der Waals surface area contributed by atoms with Crippen molar-refractivity contribution in [3.63, 3.8) is 0 Å². The average Bonchev–Trinajstić information content (AvgIpc) is 2.68. The number of nitrogens with zero attached hydrogens (tertiary/aromatic N) is 2. The molecule has 0 saturated carbocycles. The molecule has 1 saturated heterocycles. The number of benzene rings is 2. The minimum atomic E-state index is -1.08. The summed E-state index contributed by atoms with van der Waals surface area (Å²) in [5.74, 6) is -2.04. The highest BCUT2D eigenvalue weighted by Crippen LogP contribution is 2.16. The van der Waals surface area contributed by atoms with Crippen molar-refractivity contribution in [3.8, 4) is 0 Å². The molecule has 0 spiro atoms. The number of carboxylic acids is 1. The minimum Gasteiger partial charge on any atom is -0.478 e. The molecule has 0 radical (unpaired) electrons. The molecule has 6 nitrogen and oxygen atoms in total. The summed E-state index contributed by atoms with van der Waals surface area (Å²) in [4.78, 5) is 39.7. The fraction of sp³-hybridized carbons (Fsp3) is 0.286. The molecule has 1 aliphatic heterocycles. The fourth-order valence-electron chi connectivity index (χ4n) is 3.23. The molecule has 2 amide bonds. The van der Waals surface area contributed by atoms with Gasteiger partial charge in [0.15, 0.2) is 0 Å². The lowest BCUT2D eigenvalue weighted by atomic mass is 10.0. The van der Waals surface area contributed by atoms with Crippen molar-refractivity contribution >= 4 is 17.8 Å². The number of halogens is 1. The summed E-state index contributed by atoms with van der Waals surface area (Å²) in [5, 5.41) is 9.17. The van der Waals surface area contributed by atoms with Crippen molar-refractivity contribution < 1.29 is 23.9 Å². The molecular formula is C21H21FN2O4. The van der Waals surface area contributed by atoms with Gasteiger partial charge in [-0.3, -0.25) is 9.59 Å². The van der Waals surface area contributed by atoms with E-state index in [1.54, 1.807) is 41.8 Å². The van der Waals surface area contributed by atoms with Gasteiger partial charge >= 0.3 is 5.97 Å². The Morgan fingerprint density at radius 2 is 1.36 bits per heavy atom. The Morgan fingerprint density at radius 1 is 0.821 bits per heavy atom. The zero-order valence-electron chi connectivity index (χ0n) is 15.7. The molecule has 1 N–H and O–H groups in total. The van der Waals surface area contributed by atoms with E-state index in [4.69, 9.17) is 0 Å². The number of carboxylic acid groups (broad SMARTS) is 1. The van der Waals surface area contributed by atoms with Gasteiger partial charge in [-0.15, -0.1) is 0 Å². The van der Waals surface area contributed by atoms with Crippen LogP contribution in [0.5, 0.6) is 0 Å². The lowest BCUT2D eigenvalue weighted by molar-refractivity contribution is 0.0535. The number of aryl methyl sites for hydroxylation is 2. The van der Waals surface area contributed by atoms with Crippen LogP contribution in [-0.4, -0.2) is 58.9 Å². The number of piperazine rings is 1. The largest absolute Gasteiger partial charge is 0.478 e. The number of carbonyl (C=O) groups is 3. The third-order valence-electron chi connectivity index (χ3n) is 4.84. The zero-order chi connectivity index (χ0) is 20.4. The molecule has 0 bridgehead atoms. The standard InChI is InChI=1S/C21H21FN2O4/c1-13-9-16(11-17(10-13)21(27)28)20(26)24-7-5-23(6-8-24)19(25)15-4-3-14(2)18(22)12-15/h3-4,9-12H,5-8H2,1-2H3,(H,27,28). The van der Waals surface area contributed by atoms with E-state index in [1.807, 2.05) is 0 Å². The van der Waals surface area contributed by atoms with Gasteiger partial charge in [-0.2, -0.15) is 0 Å². The molecule has 0 unspecified atom stereocenters. The SMILES string of the molecule is Cc1cc(C(=O)O)cc(C(=O)N2CCN(C(=O)c3ccc(C)c(F)c3)CC2)c1. The number of rotatable bonds is 3. The van der Waals surface area contributed by atoms with E-state index in [-0.39, 0.29) is 22.9 Å². The number of hydrogen-bond acceptors (Lipinski definition) is 3. The topological polar surface area (TPSA) is 77.9 Å². The second kappa shape index (κ2) is 7.80. The number of aromatic carboxylic acids is 1. The first-order chi connectivity index (χ1) is 13.3. The van der Waals surface area contributed by atoms with Crippen molar-refractivity contribution in [2.75, 3.05) is 26.2 Å². The maximum atomic E-state index is 13.7. The first kappa shape index (κ1) is 19.5. The van der Waals surface area contributed by atoms with Crippen LogP contribution in [0, 0.1) is 19.7 Å². The second-order valence-corrected chi connectivity index (χ2v) is 6.94. The summed E-state index contributed by atoms with van der Waals surface area (Å²) in [6.45, 7) is 4.69. The molecule has 0 aromatic heterocycles. The minimum absolute atomic E-state index is 0.0681. The Morgan fingerprint density at radius 3 is 1.89 bits per heavy atom. The van der Waals surface area contributed by atoms with Gasteiger partial charge in [-0.05, 0) is 55.3 Å². The van der Waals surface area contributed by atoms with Crippen LogP contribution in [0.4, 0.5) is 4.39 Å². The monoisotopic (exact) mass is 384 g/mol. The van der Waals surface area contributed by atoms with Crippen LogP contribution in [0.1, 0.15) is 42.2 Å². The van der Waals surface area contributed by atoms with Crippen molar-refractivity contribution in [3.05, 3.63) is 70.0 Å². The highest BCUT2D eigenvalue weighted by atomic mass is 19.1. The highest BCUT2D eigenvalue weighted by Gasteiger charge is 2.26. The average molecular weight is 384 g/mol. The van der Waals surface area contributed by atoms with Crippen molar-refractivity contribution in [2.24, 2.45) is 0 Å². The van der Waals surface area contributed by atoms with Crippen LogP contribution in [0.2, 0.25) is 0 Å². The molecular weight excluding hydrogens is 363 g/mol. The molecule has 0 atom stereocenters. The molecule has 28 heavy (non-hydrogen) atoms. The van der Waals surface area contributed by atoms with E-state index in [2.05, 4.69) is 0 Å². The lowest BCUT2D eigenvalue weighted by Gasteiger charge is -2.35. The fourth-order valence-corrected chi connectivity index (χ4v) is 3.23. The van der Waals surface area contributed by atoms with E-state index in [9.17, 15) is 23.9 Å². The third-order valence-corrected chi connectivity index (χ3v) is 4.84. The van der Waals surface area contributed by atoms with Gasteiger partial charge in [0.1, 0.15) is 5.82 Å². The molecule has 2 aromatic carbocycles. The summed E-state index contributed by atoms with van der Waals surface area (Å²) in [6.07, 6.45) is 0. The predicted octanol–water partition coefficient (Wildman–Crippen LogP) is 2.74. The maximum Gasteiger partial charge on any atom is 0.335 e. The number of hydrogen-bond donors (Lipinski definition) is 1. The Hall–Kier alpha value is -3.22. The van der Waals surface area contributed by atoms with Crippen molar-refractivity contribution in [2.45, 2.75) is 13.8 Å². The Labute approximate surface area is 162 Å². The van der Waals surface area contributed by atoms with Crippen molar-refractivity contribution in [1.82, 2.24) is 9.80 Å². The lowest BCUT2D eigenvalue weighted by Crippen LogP contribution is -2.50. The summed E-state index contributed by atoms with van der Waals surface area (Å²) < 4.78 is 13.7. The van der Waals surface area contributed by atoms with Gasteiger partial charge in [-0.1, -0.05) is 6.07 Å². The van der Waals surface area contributed by atoms with Gasteiger partial charge < -0.3 is 14.9 Å². The molecule has 0 aliphatic carbocycles. The van der Waals surface area contributed by atoms with E-state index in [0.717, 1.165) is 0 Å². The molecule has 2 aromatic rings. The highest BCUT2D eigenvalue weighted by molar-refractivity contribution is 5.98. The van der Waals surface area contributed by atoms with Gasteiger partial charge in [0, 0.05) is 37.3 Å². The van der Waals surface area contributed by atoms with E-state index >= 15 is 0 Å². The first-order valence-corrected chi connectivity index (χ1v) is 8.96. The van der Waals surface area contributed by atoms with Gasteiger partial charge in [0.2, 0.25) is 0 Å². The van der Waals surface area contributed by atoms with Gasteiger partial charge in [-0.25, -0.2) is 9.18 Å². The normalized spacial score (nSPS) is 14.1. The number of carbonyl (C=O) groups excluding carboxylic acids is 2. The van der Waals surface area contributed by atoms with E-state index < -0.39 is 11.8 Å². The smallest absolute Gasteiger partial charge is 0.335 e. The van der Waals surface area contributed by atoms with Crippen LogP contribution in [0.25, 0.3) is 0 Å². The van der Waals surface area contributed by atoms with Gasteiger partial charge in [0.25, 0.3) is 11.8 Å². The predicted molar refractivity (Wildman–Crippen MR) is 101 cm³/mol. The van der Waals surface area contributed by atoms with Crippen LogP contribution >= 0.6 is 0 Å². The Balaban J connectivity index is 1.68. The molecule has 146 valence electrons. The van der Waals surface area contributed by atoms with Crippen LogP contribution in [0.3, 0.4) is 0 Å². The first-order valence-electron chi connectivity index (χ1n) is 8.96. The van der Waals surface area contributed by atoms with Crippen LogP contribution in [0.15, 0.2) is 36.4 Å². The Kier molecular flexibility index (Phi) is 5.44. The molecule has 1 fully saturated rings. The van der Waals surface area contributed by atoms with Crippen molar-refractivity contribution in [1.29, 1.82) is 0 Å². The Bertz CT molecular complexity index is 949. The molecule has 1 heterocycles. The maximum absolute atomic E-state index is 13.7. The second-order valence-electron chi connectivity index (χ2n) is 6.94. The number of amides is 2. The molecule has 3 rings (SSSR count). The summed E-state index contributed by atoms with van der Waals surface area (Å²) in [5.41, 5.74) is 1.84. The third kappa shape index (κ3) is 4.03. The summed E-state index contributed by atoms with van der Waals surface area (Å²) >= 11 is 0. The van der Waals surface area contributed by atoms with Gasteiger partial charge in [0.05, 0.1) is 5.56 Å². The van der Waals surface area contributed by atoms with E-state index in [1.165, 1.54) is 18.2 Å². The van der Waals surface area contributed by atoms with Crippen LogP contribution in [-0.2, 0) is 0 Å². The zero-order valence-corrected chi connectivity index (χ0v) is 15.7.